The number of nitrogens with zero attached hydrogens (tertiary/aromatic N) is 2. The highest BCUT2D eigenvalue weighted by molar-refractivity contribution is 5.94. The molecule has 0 bridgehead atoms. The van der Waals surface area contributed by atoms with Crippen LogP contribution in [0.2, 0.25) is 0 Å². The van der Waals surface area contributed by atoms with Crippen molar-refractivity contribution in [2.45, 2.75) is 63.2 Å². The van der Waals surface area contributed by atoms with Crippen LogP contribution in [0.1, 0.15) is 96.9 Å². The van der Waals surface area contributed by atoms with Crippen LogP contribution < -0.4 is 9.80 Å². The van der Waals surface area contributed by atoms with Gasteiger partial charge in [-0.15, -0.1) is 0 Å². The van der Waals surface area contributed by atoms with E-state index < -0.39 is 5.41 Å². The first-order valence-electron chi connectivity index (χ1n) is 23.4. The number of benzene rings is 7. The summed E-state index contributed by atoms with van der Waals surface area (Å²) in [5.41, 5.74) is 23.8. The highest BCUT2D eigenvalue weighted by Gasteiger charge is 2.47. The van der Waals surface area contributed by atoms with Crippen molar-refractivity contribution >= 4 is 34.8 Å². The average molecular weight is 825 g/mol. The van der Waals surface area contributed by atoms with Crippen molar-refractivity contribution in [2.75, 3.05) is 9.80 Å². The Morgan fingerprint density at radius 3 is 1.94 bits per heavy atom. The molecule has 0 saturated heterocycles. The van der Waals surface area contributed by atoms with Gasteiger partial charge in [-0.05, 0) is 142 Å². The number of rotatable bonds is 8. The number of para-hydroxylation sites is 3. The van der Waals surface area contributed by atoms with Gasteiger partial charge in [0, 0.05) is 22.5 Å². The second kappa shape index (κ2) is 15.3. The van der Waals surface area contributed by atoms with Crippen LogP contribution in [0.15, 0.2) is 217 Å². The molecule has 4 aliphatic carbocycles. The van der Waals surface area contributed by atoms with Crippen LogP contribution in [0.5, 0.6) is 0 Å². The lowest BCUT2D eigenvalue weighted by Crippen LogP contribution is -2.35. The van der Waals surface area contributed by atoms with Gasteiger partial charge in [0.25, 0.3) is 0 Å². The molecule has 12 rings (SSSR count). The van der Waals surface area contributed by atoms with Gasteiger partial charge in [-0.2, -0.15) is 0 Å². The second-order valence-electron chi connectivity index (χ2n) is 18.0. The molecule has 0 radical (unpaired) electrons. The predicted octanol–water partition coefficient (Wildman–Crippen LogP) is 15.9. The van der Waals surface area contributed by atoms with Gasteiger partial charge in [0.2, 0.25) is 0 Å². The SMILES string of the molecule is CCC1(CC)C2=C(CCC(N3C4=C(C=CCC4)N(c4ccccc4)c4ccccc43)=C2)c2ccc(/C=C/c3cccc4c3-c3ccccc3C4(c3ccccc3)c3ccccc3)cc21. The number of anilines is 3. The standard InChI is InChI=1S/C62H52N2/c1-3-61(4-2)54-41-43(35-37-44-21-20-30-53-60(44)51-28-14-15-29-52(51)62(53,45-22-8-5-9-23-45)46-24-10-6-11-25-46)36-39-49(54)50-40-38-48(42-55(50)61)64-58-33-18-16-31-56(58)63(47-26-12-7-13-27-47)57-32-17-19-34-59(57)64/h5-18,20-33,35-37,39,41-42H,3-4,19,34,38,40H2,1-2H3/b37-35+. The number of hydrogen-bond acceptors (Lipinski definition) is 2. The van der Waals surface area contributed by atoms with Gasteiger partial charge in [-0.3, -0.25) is 0 Å². The molecule has 0 fully saturated rings. The molecule has 0 N–H and O–H groups in total. The van der Waals surface area contributed by atoms with Crippen molar-refractivity contribution in [3.05, 3.63) is 261 Å². The molecule has 2 heteroatoms. The molecule has 0 aromatic heterocycles. The number of allylic oxidation sites excluding steroid dienone is 7. The van der Waals surface area contributed by atoms with Gasteiger partial charge < -0.3 is 9.80 Å². The fourth-order valence-electron chi connectivity index (χ4n) is 12.3. The van der Waals surface area contributed by atoms with Crippen LogP contribution in [0.3, 0.4) is 0 Å². The molecule has 1 heterocycles. The Balaban J connectivity index is 0.937. The minimum atomic E-state index is -0.409. The monoisotopic (exact) mass is 824 g/mol. The van der Waals surface area contributed by atoms with Gasteiger partial charge in [0.1, 0.15) is 0 Å². The van der Waals surface area contributed by atoms with Crippen molar-refractivity contribution in [2.24, 2.45) is 0 Å². The highest BCUT2D eigenvalue weighted by atomic mass is 15.3. The van der Waals surface area contributed by atoms with E-state index in [9.17, 15) is 0 Å². The molecule has 0 spiro atoms. The van der Waals surface area contributed by atoms with E-state index in [1.54, 1.807) is 5.57 Å². The van der Waals surface area contributed by atoms with Gasteiger partial charge in [0.15, 0.2) is 0 Å². The second-order valence-corrected chi connectivity index (χ2v) is 18.0. The summed E-state index contributed by atoms with van der Waals surface area (Å²) in [5, 5.41) is 0. The van der Waals surface area contributed by atoms with Gasteiger partial charge >= 0.3 is 0 Å². The Morgan fingerprint density at radius 1 is 0.547 bits per heavy atom. The molecule has 0 unspecified atom stereocenters. The van der Waals surface area contributed by atoms with Crippen LogP contribution in [0.25, 0.3) is 28.9 Å². The third-order valence-electron chi connectivity index (χ3n) is 15.1. The van der Waals surface area contributed by atoms with Crippen molar-refractivity contribution in [3.63, 3.8) is 0 Å². The van der Waals surface area contributed by atoms with Gasteiger partial charge in [-0.1, -0.05) is 184 Å². The van der Waals surface area contributed by atoms with Crippen LogP contribution in [-0.2, 0) is 10.8 Å². The zero-order valence-corrected chi connectivity index (χ0v) is 36.8. The first-order chi connectivity index (χ1) is 31.7. The fraction of sp³-hybridized carbons (Fsp3) is 0.161. The highest BCUT2D eigenvalue weighted by Crippen LogP contribution is 2.59. The fourth-order valence-corrected chi connectivity index (χ4v) is 12.3. The maximum absolute atomic E-state index is 2.64. The first-order valence-corrected chi connectivity index (χ1v) is 23.4. The minimum Gasteiger partial charge on any atom is -0.314 e. The zero-order valence-electron chi connectivity index (χ0n) is 36.8. The Labute approximate surface area is 378 Å². The van der Waals surface area contributed by atoms with Gasteiger partial charge in [0.05, 0.1) is 22.5 Å². The van der Waals surface area contributed by atoms with E-state index in [2.05, 4.69) is 230 Å². The van der Waals surface area contributed by atoms with Crippen molar-refractivity contribution < 1.29 is 0 Å². The van der Waals surface area contributed by atoms with Crippen molar-refractivity contribution in [3.8, 4) is 11.1 Å². The Kier molecular flexibility index (Phi) is 9.19. The lowest BCUT2D eigenvalue weighted by molar-refractivity contribution is 0.484. The molecule has 7 aromatic carbocycles. The van der Waals surface area contributed by atoms with E-state index >= 15 is 0 Å². The van der Waals surface area contributed by atoms with E-state index in [1.165, 1.54) is 95.4 Å². The van der Waals surface area contributed by atoms with Crippen LogP contribution in [-0.4, -0.2) is 0 Å². The predicted molar refractivity (Wildman–Crippen MR) is 269 cm³/mol. The molecule has 0 saturated carbocycles. The van der Waals surface area contributed by atoms with Crippen LogP contribution in [0, 0.1) is 0 Å². The van der Waals surface area contributed by atoms with Crippen LogP contribution >= 0.6 is 0 Å². The molecule has 5 aliphatic rings. The van der Waals surface area contributed by atoms with Crippen LogP contribution in [0.4, 0.5) is 17.1 Å². The third kappa shape index (κ3) is 5.58. The maximum atomic E-state index is 2.64. The van der Waals surface area contributed by atoms with Crippen molar-refractivity contribution in [1.29, 1.82) is 0 Å². The van der Waals surface area contributed by atoms with E-state index in [4.69, 9.17) is 0 Å². The summed E-state index contributed by atoms with van der Waals surface area (Å²) in [5.74, 6) is 0. The molecule has 0 atom stereocenters. The van der Waals surface area contributed by atoms with Crippen molar-refractivity contribution in [1.82, 2.24) is 0 Å². The first kappa shape index (κ1) is 38.5. The van der Waals surface area contributed by atoms with E-state index in [0.29, 0.717) is 0 Å². The molecular formula is C62H52N2. The largest absolute Gasteiger partial charge is 0.314 e. The quantitative estimate of drug-likeness (QED) is 0.141. The molecule has 310 valence electrons. The average Bonchev–Trinajstić information content (AvgIpc) is 3.83. The maximum Gasteiger partial charge on any atom is 0.0713 e. The zero-order chi connectivity index (χ0) is 42.8. The summed E-state index contributed by atoms with van der Waals surface area (Å²) in [4.78, 5) is 5.12. The van der Waals surface area contributed by atoms with Gasteiger partial charge in [-0.25, -0.2) is 0 Å². The summed E-state index contributed by atoms with van der Waals surface area (Å²) in [6.07, 6.45) is 18.3. The Hall–Kier alpha value is -7.16. The lowest BCUT2D eigenvalue weighted by atomic mass is 9.67. The number of fused-ring (bicyclic) bond motifs is 6. The molecule has 1 aliphatic heterocycles. The smallest absolute Gasteiger partial charge is 0.0713 e. The summed E-state index contributed by atoms with van der Waals surface area (Å²) >= 11 is 0. The molecular weight excluding hydrogens is 773 g/mol. The summed E-state index contributed by atoms with van der Waals surface area (Å²) in [6, 6.07) is 65.4. The lowest BCUT2D eigenvalue weighted by Gasteiger charge is -2.44. The normalized spacial score (nSPS) is 17.4. The minimum absolute atomic E-state index is 0.0485. The summed E-state index contributed by atoms with van der Waals surface area (Å²) < 4.78 is 0. The summed E-state index contributed by atoms with van der Waals surface area (Å²) in [6.45, 7) is 4.82. The number of hydrogen-bond donors (Lipinski definition) is 0. The Morgan fingerprint density at radius 2 is 1.20 bits per heavy atom. The van der Waals surface area contributed by atoms with E-state index in [1.807, 2.05) is 0 Å². The van der Waals surface area contributed by atoms with E-state index in [0.717, 1.165) is 38.5 Å². The molecule has 64 heavy (non-hydrogen) atoms. The molecule has 0 amide bonds. The molecule has 2 nitrogen and oxygen atoms in total. The molecule has 7 aromatic rings. The summed E-state index contributed by atoms with van der Waals surface area (Å²) in [7, 11) is 0. The topological polar surface area (TPSA) is 6.48 Å². The Bertz CT molecular complexity index is 3080. The third-order valence-corrected chi connectivity index (χ3v) is 15.1. The van der Waals surface area contributed by atoms with E-state index in [-0.39, 0.29) is 5.41 Å².